The highest BCUT2D eigenvalue weighted by Gasteiger charge is 2.15. The lowest BCUT2D eigenvalue weighted by Gasteiger charge is -2.23. The number of aromatic amines is 1. The Hall–Kier alpha value is -2.12. The first-order chi connectivity index (χ1) is 9.81. The molecular formula is C13H16N4O3. The van der Waals surface area contributed by atoms with E-state index in [9.17, 15) is 4.79 Å². The van der Waals surface area contributed by atoms with Gasteiger partial charge < -0.3 is 20.1 Å². The number of nitrogens with zero attached hydrogens (tertiary/aromatic N) is 1. The molecule has 3 rings (SSSR count). The van der Waals surface area contributed by atoms with Crippen molar-refractivity contribution in [1.29, 1.82) is 0 Å². The van der Waals surface area contributed by atoms with Crippen molar-refractivity contribution >= 4 is 22.6 Å². The topological polar surface area (TPSA) is 88.3 Å². The average Bonchev–Trinajstić information content (AvgIpc) is 2.94. The molecule has 1 aliphatic heterocycles. The number of carbonyl (C=O) groups excluding carboxylic acids is 1. The predicted molar refractivity (Wildman–Crippen MR) is 73.7 cm³/mol. The lowest BCUT2D eigenvalue weighted by Crippen LogP contribution is -2.41. The minimum atomic E-state index is -0.262. The largest absolute Gasteiger partial charge is 0.376 e. The molecular weight excluding hydrogens is 260 g/mol. The number of benzene rings is 1. The molecule has 1 atom stereocenters. The minimum absolute atomic E-state index is 0.0779. The second-order valence-electron chi connectivity index (χ2n) is 4.57. The molecule has 2 amide bonds. The Kier molecular flexibility index (Phi) is 3.80. The molecule has 2 aromatic rings. The molecule has 20 heavy (non-hydrogen) atoms. The molecule has 0 unspecified atom stereocenters. The van der Waals surface area contributed by atoms with Crippen LogP contribution in [0.15, 0.2) is 24.4 Å². The van der Waals surface area contributed by atoms with E-state index in [0.29, 0.717) is 26.4 Å². The number of fused-ring (bicyclic) bond motifs is 1. The standard InChI is InChI=1S/C13H16N4O3/c18-13(14-7-11-8-19-3-4-20-11)16-10-1-2-12-9(5-10)6-15-17-12/h1-2,5-6,11H,3-4,7-8H2,(H,15,17)(H2,14,16,18)/t11-/m0/s1. The van der Waals surface area contributed by atoms with Gasteiger partial charge in [0.2, 0.25) is 0 Å². The fraction of sp³-hybridized carbons (Fsp3) is 0.385. The van der Waals surface area contributed by atoms with Crippen molar-refractivity contribution in [2.75, 3.05) is 31.7 Å². The molecule has 0 bridgehead atoms. The number of carbonyl (C=O) groups is 1. The molecule has 2 heterocycles. The zero-order chi connectivity index (χ0) is 13.8. The Morgan fingerprint density at radius 3 is 3.25 bits per heavy atom. The molecule has 0 spiro atoms. The first-order valence-corrected chi connectivity index (χ1v) is 6.48. The normalized spacial score (nSPS) is 18.9. The van der Waals surface area contributed by atoms with Crippen LogP contribution in [0.3, 0.4) is 0 Å². The quantitative estimate of drug-likeness (QED) is 0.783. The number of H-pyrrole nitrogens is 1. The number of amides is 2. The van der Waals surface area contributed by atoms with Gasteiger partial charge in [-0.2, -0.15) is 5.10 Å². The summed E-state index contributed by atoms with van der Waals surface area (Å²) < 4.78 is 10.7. The van der Waals surface area contributed by atoms with E-state index in [1.165, 1.54) is 0 Å². The minimum Gasteiger partial charge on any atom is -0.376 e. The number of nitrogens with one attached hydrogen (secondary N) is 3. The first kappa shape index (κ1) is 12.9. The summed E-state index contributed by atoms with van der Waals surface area (Å²) in [6, 6.07) is 5.29. The van der Waals surface area contributed by atoms with Crippen molar-refractivity contribution < 1.29 is 14.3 Å². The van der Waals surface area contributed by atoms with Gasteiger partial charge >= 0.3 is 6.03 Å². The van der Waals surface area contributed by atoms with Crippen LogP contribution in [0, 0.1) is 0 Å². The summed E-state index contributed by atoms with van der Waals surface area (Å²) in [7, 11) is 0. The third-order valence-corrected chi connectivity index (χ3v) is 3.07. The maximum absolute atomic E-state index is 11.8. The van der Waals surface area contributed by atoms with Crippen LogP contribution in [-0.2, 0) is 9.47 Å². The van der Waals surface area contributed by atoms with E-state index >= 15 is 0 Å². The van der Waals surface area contributed by atoms with Crippen LogP contribution in [0.25, 0.3) is 10.9 Å². The number of hydrogen-bond donors (Lipinski definition) is 3. The van der Waals surface area contributed by atoms with Crippen LogP contribution in [0.1, 0.15) is 0 Å². The second kappa shape index (κ2) is 5.89. The third kappa shape index (κ3) is 3.06. The van der Waals surface area contributed by atoms with Crippen molar-refractivity contribution in [3.8, 4) is 0 Å². The van der Waals surface area contributed by atoms with Crippen LogP contribution in [0.4, 0.5) is 10.5 Å². The molecule has 1 aromatic carbocycles. The van der Waals surface area contributed by atoms with Crippen LogP contribution in [-0.4, -0.2) is 48.7 Å². The van der Waals surface area contributed by atoms with Gasteiger partial charge in [0.15, 0.2) is 0 Å². The summed E-state index contributed by atoms with van der Waals surface area (Å²) >= 11 is 0. The summed E-state index contributed by atoms with van der Waals surface area (Å²) in [6.45, 7) is 2.14. The molecule has 3 N–H and O–H groups in total. The highest BCUT2D eigenvalue weighted by Crippen LogP contribution is 2.16. The Labute approximate surface area is 115 Å². The monoisotopic (exact) mass is 276 g/mol. The molecule has 0 radical (unpaired) electrons. The number of hydrogen-bond acceptors (Lipinski definition) is 4. The van der Waals surface area contributed by atoms with Gasteiger partial charge in [-0.15, -0.1) is 0 Å². The maximum atomic E-state index is 11.8. The first-order valence-electron chi connectivity index (χ1n) is 6.48. The van der Waals surface area contributed by atoms with Crippen LogP contribution in [0.2, 0.25) is 0 Å². The number of ether oxygens (including phenoxy) is 2. The van der Waals surface area contributed by atoms with Gasteiger partial charge in [-0.3, -0.25) is 5.10 Å². The summed E-state index contributed by atoms with van der Waals surface area (Å²) in [5.41, 5.74) is 1.65. The number of aromatic nitrogens is 2. The summed E-state index contributed by atoms with van der Waals surface area (Å²) in [5, 5.41) is 13.3. The van der Waals surface area contributed by atoms with Gasteiger partial charge in [0, 0.05) is 17.6 Å². The van der Waals surface area contributed by atoms with Gasteiger partial charge in [0.1, 0.15) is 0 Å². The Bertz CT molecular complexity index is 592. The Morgan fingerprint density at radius 1 is 1.45 bits per heavy atom. The van der Waals surface area contributed by atoms with Crippen molar-refractivity contribution in [3.05, 3.63) is 24.4 Å². The predicted octanol–water partition coefficient (Wildman–Crippen LogP) is 1.10. The SMILES string of the molecule is O=C(NC[C@H]1COCCO1)Nc1ccc2[nH]ncc2c1. The zero-order valence-corrected chi connectivity index (χ0v) is 10.9. The highest BCUT2D eigenvalue weighted by molar-refractivity contribution is 5.92. The van der Waals surface area contributed by atoms with Crippen molar-refractivity contribution in [2.45, 2.75) is 6.10 Å². The number of anilines is 1. The Morgan fingerprint density at radius 2 is 2.40 bits per heavy atom. The van der Waals surface area contributed by atoms with Crippen molar-refractivity contribution in [2.24, 2.45) is 0 Å². The summed E-state index contributed by atoms with van der Waals surface area (Å²) in [6.07, 6.45) is 1.64. The summed E-state index contributed by atoms with van der Waals surface area (Å²) in [5.74, 6) is 0. The summed E-state index contributed by atoms with van der Waals surface area (Å²) in [4.78, 5) is 11.8. The zero-order valence-electron chi connectivity index (χ0n) is 10.9. The van der Waals surface area contributed by atoms with Gasteiger partial charge in [0.05, 0.1) is 37.6 Å². The van der Waals surface area contributed by atoms with Crippen molar-refractivity contribution in [1.82, 2.24) is 15.5 Å². The van der Waals surface area contributed by atoms with Gasteiger partial charge in [0.25, 0.3) is 0 Å². The fourth-order valence-corrected chi connectivity index (χ4v) is 2.06. The van der Waals surface area contributed by atoms with E-state index in [1.54, 1.807) is 6.20 Å². The molecule has 1 fully saturated rings. The fourth-order valence-electron chi connectivity index (χ4n) is 2.06. The van der Waals surface area contributed by atoms with Gasteiger partial charge in [-0.05, 0) is 18.2 Å². The molecule has 7 nitrogen and oxygen atoms in total. The lowest BCUT2D eigenvalue weighted by atomic mass is 10.2. The van der Waals surface area contributed by atoms with Crippen molar-refractivity contribution in [3.63, 3.8) is 0 Å². The Balaban J connectivity index is 1.52. The van der Waals surface area contributed by atoms with Crippen LogP contribution >= 0.6 is 0 Å². The smallest absolute Gasteiger partial charge is 0.319 e. The molecule has 1 aliphatic rings. The number of urea groups is 1. The molecule has 0 saturated carbocycles. The second-order valence-corrected chi connectivity index (χ2v) is 4.57. The van der Waals surface area contributed by atoms with E-state index in [4.69, 9.17) is 9.47 Å². The molecule has 7 heteroatoms. The van der Waals surface area contributed by atoms with E-state index in [1.807, 2.05) is 18.2 Å². The molecule has 0 aliphatic carbocycles. The molecule has 1 saturated heterocycles. The van der Waals surface area contributed by atoms with Gasteiger partial charge in [-0.1, -0.05) is 0 Å². The highest BCUT2D eigenvalue weighted by atomic mass is 16.6. The number of rotatable bonds is 3. The van der Waals surface area contributed by atoms with E-state index in [2.05, 4.69) is 20.8 Å². The average molecular weight is 276 g/mol. The van der Waals surface area contributed by atoms with E-state index in [-0.39, 0.29) is 12.1 Å². The molecule has 106 valence electrons. The molecule has 1 aromatic heterocycles. The van der Waals surface area contributed by atoms with E-state index < -0.39 is 0 Å². The third-order valence-electron chi connectivity index (χ3n) is 3.07. The van der Waals surface area contributed by atoms with Crippen LogP contribution < -0.4 is 10.6 Å². The lowest BCUT2D eigenvalue weighted by molar-refractivity contribution is -0.0852. The van der Waals surface area contributed by atoms with E-state index in [0.717, 1.165) is 16.6 Å². The van der Waals surface area contributed by atoms with Crippen LogP contribution in [0.5, 0.6) is 0 Å². The van der Waals surface area contributed by atoms with Gasteiger partial charge in [-0.25, -0.2) is 4.79 Å². The maximum Gasteiger partial charge on any atom is 0.319 e.